The molecule has 2 aromatic rings. The Labute approximate surface area is 187 Å². The van der Waals surface area contributed by atoms with Gasteiger partial charge in [-0.3, -0.25) is 14.4 Å². The van der Waals surface area contributed by atoms with Gasteiger partial charge in [0.05, 0.1) is 6.10 Å². The fourth-order valence-electron chi connectivity index (χ4n) is 4.13. The maximum Gasteiger partial charge on any atom is 0.387 e. The zero-order valence-corrected chi connectivity index (χ0v) is 17.4. The lowest BCUT2D eigenvalue weighted by Gasteiger charge is -2.27. The van der Waals surface area contributed by atoms with Crippen LogP contribution in [0.5, 0.6) is 5.75 Å². The third kappa shape index (κ3) is 5.16. The molecule has 4 rings (SSSR count). The summed E-state index contributed by atoms with van der Waals surface area (Å²) in [6, 6.07) is 8.84. The Hall–Kier alpha value is -3.40. The Morgan fingerprint density at radius 1 is 1.12 bits per heavy atom. The summed E-state index contributed by atoms with van der Waals surface area (Å²) >= 11 is 0. The molecule has 174 valence electrons. The minimum atomic E-state index is -2.99. The molecule has 0 radical (unpaired) electrons. The number of Topliss-reactive ketones (excluding diaryl/α,β-unsaturated/α-hetero) is 1. The molecule has 7 nitrogen and oxygen atoms in total. The van der Waals surface area contributed by atoms with Gasteiger partial charge in [-0.25, -0.2) is 4.39 Å². The first-order valence-corrected chi connectivity index (χ1v) is 10.4. The second-order valence-electron chi connectivity index (χ2n) is 7.84. The number of hydrogen-bond donors (Lipinski definition) is 1. The number of ketones is 1. The first kappa shape index (κ1) is 22.8. The summed E-state index contributed by atoms with van der Waals surface area (Å²) in [6.45, 7) is -2.73. The molecule has 0 aliphatic carbocycles. The van der Waals surface area contributed by atoms with E-state index < -0.39 is 36.3 Å². The van der Waals surface area contributed by atoms with Crippen LogP contribution in [0.3, 0.4) is 0 Å². The Morgan fingerprint density at radius 2 is 1.82 bits per heavy atom. The van der Waals surface area contributed by atoms with Crippen molar-refractivity contribution in [2.24, 2.45) is 0 Å². The number of hydrogen-bond acceptors (Lipinski definition) is 5. The topological polar surface area (TPSA) is 84.9 Å². The Kier molecular flexibility index (Phi) is 6.64. The SMILES string of the molecule is O=C(NC(Cc1ccc(F)cc1)C(=O)N1CCC2OCC(=O)C21)c1ccc(OC(F)F)cc1. The van der Waals surface area contributed by atoms with Gasteiger partial charge < -0.3 is 19.7 Å². The van der Waals surface area contributed by atoms with E-state index in [0.29, 0.717) is 18.5 Å². The highest BCUT2D eigenvalue weighted by molar-refractivity contribution is 5.99. The summed E-state index contributed by atoms with van der Waals surface area (Å²) in [5.41, 5.74) is 0.744. The third-order valence-electron chi connectivity index (χ3n) is 5.69. The molecule has 2 aromatic carbocycles. The minimum Gasteiger partial charge on any atom is -0.435 e. The van der Waals surface area contributed by atoms with Crippen LogP contribution in [0.15, 0.2) is 48.5 Å². The summed E-state index contributed by atoms with van der Waals surface area (Å²) in [6.07, 6.45) is 0.233. The number of carbonyl (C=O) groups excluding carboxylic acids is 3. The Bertz CT molecular complexity index is 1030. The highest BCUT2D eigenvalue weighted by Crippen LogP contribution is 2.28. The van der Waals surface area contributed by atoms with E-state index in [0.717, 1.165) is 0 Å². The average Bonchev–Trinajstić information content (AvgIpc) is 3.37. The molecule has 0 saturated carbocycles. The van der Waals surface area contributed by atoms with Crippen molar-refractivity contribution in [3.8, 4) is 5.75 Å². The number of carbonyl (C=O) groups is 3. The van der Waals surface area contributed by atoms with Crippen molar-refractivity contribution in [3.05, 3.63) is 65.5 Å². The van der Waals surface area contributed by atoms with Crippen LogP contribution in [0, 0.1) is 5.82 Å². The summed E-state index contributed by atoms with van der Waals surface area (Å²) < 4.78 is 47.7. The number of halogens is 3. The molecule has 2 heterocycles. The normalized spacial score (nSPS) is 20.6. The van der Waals surface area contributed by atoms with Crippen molar-refractivity contribution in [3.63, 3.8) is 0 Å². The van der Waals surface area contributed by atoms with E-state index in [1.807, 2.05) is 0 Å². The minimum absolute atomic E-state index is 0.0544. The quantitative estimate of drug-likeness (QED) is 0.683. The predicted molar refractivity (Wildman–Crippen MR) is 109 cm³/mol. The standard InChI is InChI=1S/C23H21F3N2O5/c24-15-5-1-13(2-6-15)11-17(22(31)28-10-9-19-20(28)18(29)12-32-19)27-21(30)14-3-7-16(8-4-14)33-23(25)26/h1-8,17,19-20,23H,9-12H2,(H,27,30). The molecule has 2 fully saturated rings. The van der Waals surface area contributed by atoms with Gasteiger partial charge in [-0.15, -0.1) is 0 Å². The van der Waals surface area contributed by atoms with E-state index in [4.69, 9.17) is 4.74 Å². The number of likely N-dealkylation sites (tertiary alicyclic amines) is 1. The summed E-state index contributed by atoms with van der Waals surface area (Å²) in [5.74, 6) is -1.79. The van der Waals surface area contributed by atoms with Crippen LogP contribution < -0.4 is 10.1 Å². The summed E-state index contributed by atoms with van der Waals surface area (Å²) in [7, 11) is 0. The van der Waals surface area contributed by atoms with Crippen LogP contribution in [-0.2, 0) is 20.7 Å². The molecule has 2 aliphatic rings. The number of nitrogens with one attached hydrogen (secondary N) is 1. The van der Waals surface area contributed by atoms with Crippen molar-refractivity contribution in [2.75, 3.05) is 13.2 Å². The molecule has 33 heavy (non-hydrogen) atoms. The van der Waals surface area contributed by atoms with Crippen molar-refractivity contribution >= 4 is 17.6 Å². The number of amides is 2. The van der Waals surface area contributed by atoms with E-state index >= 15 is 0 Å². The fraction of sp³-hybridized carbons (Fsp3) is 0.348. The van der Waals surface area contributed by atoms with E-state index in [2.05, 4.69) is 10.1 Å². The molecule has 3 atom stereocenters. The van der Waals surface area contributed by atoms with Crippen molar-refractivity contribution < 1.29 is 37.0 Å². The van der Waals surface area contributed by atoms with E-state index in [1.165, 1.54) is 53.4 Å². The molecule has 2 aliphatic heterocycles. The molecule has 2 saturated heterocycles. The smallest absolute Gasteiger partial charge is 0.387 e. The predicted octanol–water partition coefficient (Wildman–Crippen LogP) is 2.34. The molecule has 0 spiro atoms. The van der Waals surface area contributed by atoms with Crippen LogP contribution in [0.25, 0.3) is 0 Å². The fourth-order valence-corrected chi connectivity index (χ4v) is 4.13. The van der Waals surface area contributed by atoms with E-state index in [-0.39, 0.29) is 36.2 Å². The van der Waals surface area contributed by atoms with Gasteiger partial charge in [0.1, 0.15) is 30.3 Å². The Balaban J connectivity index is 1.53. The maximum atomic E-state index is 13.4. The molecule has 0 aromatic heterocycles. The van der Waals surface area contributed by atoms with Crippen LogP contribution >= 0.6 is 0 Å². The molecule has 10 heteroatoms. The molecular weight excluding hydrogens is 441 g/mol. The van der Waals surface area contributed by atoms with Crippen LogP contribution in [0.4, 0.5) is 13.2 Å². The van der Waals surface area contributed by atoms with Crippen molar-refractivity contribution in [1.82, 2.24) is 10.2 Å². The lowest BCUT2D eigenvalue weighted by molar-refractivity contribution is -0.138. The highest BCUT2D eigenvalue weighted by Gasteiger charge is 2.48. The van der Waals surface area contributed by atoms with Gasteiger partial charge in [0.2, 0.25) is 5.91 Å². The first-order chi connectivity index (χ1) is 15.8. The number of benzene rings is 2. The second kappa shape index (κ2) is 9.62. The molecular formula is C23H21F3N2O5. The molecule has 0 bridgehead atoms. The second-order valence-corrected chi connectivity index (χ2v) is 7.84. The largest absolute Gasteiger partial charge is 0.435 e. The van der Waals surface area contributed by atoms with Gasteiger partial charge in [0, 0.05) is 18.5 Å². The first-order valence-electron chi connectivity index (χ1n) is 10.4. The Morgan fingerprint density at radius 3 is 2.48 bits per heavy atom. The van der Waals surface area contributed by atoms with Gasteiger partial charge in [-0.1, -0.05) is 12.1 Å². The third-order valence-corrected chi connectivity index (χ3v) is 5.69. The lowest BCUT2D eigenvalue weighted by atomic mass is 10.0. The summed E-state index contributed by atoms with van der Waals surface area (Å²) in [4.78, 5) is 39.8. The van der Waals surface area contributed by atoms with Crippen LogP contribution in [-0.4, -0.2) is 60.4 Å². The van der Waals surface area contributed by atoms with E-state index in [1.54, 1.807) is 0 Å². The van der Waals surface area contributed by atoms with Gasteiger partial charge in [0.15, 0.2) is 5.78 Å². The van der Waals surface area contributed by atoms with Gasteiger partial charge in [-0.05, 0) is 48.4 Å². The number of nitrogens with zero attached hydrogens (tertiary/aromatic N) is 1. The number of rotatable bonds is 7. The van der Waals surface area contributed by atoms with Gasteiger partial charge >= 0.3 is 6.61 Å². The number of alkyl halides is 2. The van der Waals surface area contributed by atoms with Crippen molar-refractivity contribution in [1.29, 1.82) is 0 Å². The molecule has 3 unspecified atom stereocenters. The molecule has 1 N–H and O–H groups in total. The molecule has 2 amide bonds. The highest BCUT2D eigenvalue weighted by atomic mass is 19.3. The average molecular weight is 462 g/mol. The van der Waals surface area contributed by atoms with Gasteiger partial charge in [-0.2, -0.15) is 8.78 Å². The van der Waals surface area contributed by atoms with Crippen LogP contribution in [0.2, 0.25) is 0 Å². The van der Waals surface area contributed by atoms with Gasteiger partial charge in [0.25, 0.3) is 5.91 Å². The van der Waals surface area contributed by atoms with Crippen LogP contribution in [0.1, 0.15) is 22.3 Å². The maximum absolute atomic E-state index is 13.4. The number of ether oxygens (including phenoxy) is 2. The zero-order chi connectivity index (χ0) is 23.5. The zero-order valence-electron chi connectivity index (χ0n) is 17.4. The van der Waals surface area contributed by atoms with Crippen molar-refractivity contribution in [2.45, 2.75) is 37.6 Å². The summed E-state index contributed by atoms with van der Waals surface area (Å²) in [5, 5.41) is 2.66. The number of fused-ring (bicyclic) bond motifs is 1. The van der Waals surface area contributed by atoms with E-state index in [9.17, 15) is 27.6 Å². The monoisotopic (exact) mass is 462 g/mol. The lowest BCUT2D eigenvalue weighted by Crippen LogP contribution is -2.53.